The van der Waals surface area contributed by atoms with E-state index in [1.165, 1.54) is 0 Å². The SMILES string of the molecule is Cc1ccnc(NC(=O)c2ccc(-c3nc([C@@H]4CCCNC4)n4ccnc(N)c34)cc2)c1. The average Bonchev–Trinajstić information content (AvgIpc) is 3.21. The molecule has 162 valence electrons. The summed E-state index contributed by atoms with van der Waals surface area (Å²) >= 11 is 0. The standard InChI is InChI=1S/C24H25N7O/c1-15-8-10-27-19(13-15)29-24(32)17-6-4-16(5-7-17)20-21-22(25)28-11-12-31(21)23(30-20)18-3-2-9-26-14-18/h4-8,10-13,18,26H,2-3,9,14H2,1H3,(H2,25,28)(H,27,29,32)/t18-/m1/s1. The maximum atomic E-state index is 12.6. The van der Waals surface area contributed by atoms with Crippen molar-refractivity contribution in [1.82, 2.24) is 24.7 Å². The van der Waals surface area contributed by atoms with E-state index in [0.717, 1.165) is 54.1 Å². The highest BCUT2D eigenvalue weighted by Gasteiger charge is 2.24. The predicted octanol–water partition coefficient (Wildman–Crippen LogP) is 3.40. The molecule has 0 unspecified atom stereocenters. The van der Waals surface area contributed by atoms with Gasteiger partial charge in [0, 0.05) is 42.2 Å². The Kier molecular flexibility index (Phi) is 5.28. The van der Waals surface area contributed by atoms with Crippen molar-refractivity contribution in [1.29, 1.82) is 0 Å². The van der Waals surface area contributed by atoms with Crippen LogP contribution in [0.5, 0.6) is 0 Å². The zero-order chi connectivity index (χ0) is 22.1. The van der Waals surface area contributed by atoms with Gasteiger partial charge in [-0.2, -0.15) is 0 Å². The fraction of sp³-hybridized carbons (Fsp3) is 0.250. The largest absolute Gasteiger partial charge is 0.382 e. The Balaban J connectivity index is 1.47. The lowest BCUT2D eigenvalue weighted by atomic mass is 9.99. The topological polar surface area (TPSA) is 110 Å². The van der Waals surface area contributed by atoms with Crippen molar-refractivity contribution in [2.75, 3.05) is 24.1 Å². The van der Waals surface area contributed by atoms with Crippen molar-refractivity contribution < 1.29 is 4.79 Å². The van der Waals surface area contributed by atoms with E-state index in [9.17, 15) is 4.79 Å². The molecule has 0 spiro atoms. The number of pyridine rings is 1. The minimum Gasteiger partial charge on any atom is -0.382 e. The fourth-order valence-corrected chi connectivity index (χ4v) is 4.22. The molecule has 4 aromatic rings. The van der Waals surface area contributed by atoms with Gasteiger partial charge in [-0.15, -0.1) is 0 Å². The molecule has 32 heavy (non-hydrogen) atoms. The number of nitrogen functional groups attached to an aromatic ring is 1. The van der Waals surface area contributed by atoms with Crippen LogP contribution in [-0.4, -0.2) is 38.3 Å². The van der Waals surface area contributed by atoms with E-state index in [2.05, 4.69) is 25.0 Å². The molecule has 0 saturated carbocycles. The Morgan fingerprint density at radius 2 is 2.03 bits per heavy atom. The van der Waals surface area contributed by atoms with E-state index in [1.807, 2.05) is 37.4 Å². The number of fused-ring (bicyclic) bond motifs is 1. The van der Waals surface area contributed by atoms with Gasteiger partial charge >= 0.3 is 0 Å². The van der Waals surface area contributed by atoms with Crippen LogP contribution in [-0.2, 0) is 0 Å². The van der Waals surface area contributed by atoms with E-state index in [4.69, 9.17) is 10.7 Å². The van der Waals surface area contributed by atoms with Crippen molar-refractivity contribution in [3.63, 3.8) is 0 Å². The summed E-state index contributed by atoms with van der Waals surface area (Å²) in [5.41, 5.74) is 10.3. The number of imidazole rings is 1. The average molecular weight is 428 g/mol. The number of nitrogens with zero attached hydrogens (tertiary/aromatic N) is 4. The lowest BCUT2D eigenvalue weighted by molar-refractivity contribution is 0.102. The first-order valence-electron chi connectivity index (χ1n) is 10.8. The van der Waals surface area contributed by atoms with E-state index in [0.29, 0.717) is 23.1 Å². The molecule has 0 radical (unpaired) electrons. The van der Waals surface area contributed by atoms with E-state index < -0.39 is 0 Å². The molecule has 8 nitrogen and oxygen atoms in total. The number of nitrogens with two attached hydrogens (primary N) is 1. The van der Waals surface area contributed by atoms with Crippen LogP contribution in [0.15, 0.2) is 55.0 Å². The van der Waals surface area contributed by atoms with Gasteiger partial charge in [0.05, 0.1) is 0 Å². The molecule has 0 aliphatic carbocycles. The first kappa shape index (κ1) is 20.1. The number of anilines is 2. The monoisotopic (exact) mass is 427 g/mol. The van der Waals surface area contributed by atoms with Crippen LogP contribution >= 0.6 is 0 Å². The van der Waals surface area contributed by atoms with Gasteiger partial charge in [-0.05, 0) is 56.1 Å². The van der Waals surface area contributed by atoms with Crippen LogP contribution < -0.4 is 16.4 Å². The smallest absolute Gasteiger partial charge is 0.256 e. The molecule has 8 heteroatoms. The maximum Gasteiger partial charge on any atom is 0.256 e. The Morgan fingerprint density at radius 3 is 2.78 bits per heavy atom. The molecule has 1 saturated heterocycles. The van der Waals surface area contributed by atoms with Crippen molar-refractivity contribution in [3.05, 3.63) is 71.9 Å². The highest BCUT2D eigenvalue weighted by molar-refractivity contribution is 6.04. The first-order valence-corrected chi connectivity index (χ1v) is 10.8. The van der Waals surface area contributed by atoms with Gasteiger partial charge in [-0.1, -0.05) is 12.1 Å². The summed E-state index contributed by atoms with van der Waals surface area (Å²) in [6.45, 7) is 3.89. The lowest BCUT2D eigenvalue weighted by Crippen LogP contribution is -2.29. The Hall–Kier alpha value is -3.78. The summed E-state index contributed by atoms with van der Waals surface area (Å²) in [4.78, 5) is 26.1. The molecule has 1 aliphatic heterocycles. The number of piperidine rings is 1. The molecular formula is C24H25N7O. The Morgan fingerprint density at radius 1 is 1.19 bits per heavy atom. The molecule has 1 fully saturated rings. The molecule has 1 aromatic carbocycles. The third-order valence-electron chi connectivity index (χ3n) is 5.85. The van der Waals surface area contributed by atoms with E-state index in [-0.39, 0.29) is 5.91 Å². The van der Waals surface area contributed by atoms with E-state index >= 15 is 0 Å². The molecule has 0 bridgehead atoms. The highest BCUT2D eigenvalue weighted by Crippen LogP contribution is 2.32. The van der Waals surface area contributed by atoms with Gasteiger partial charge in [0.25, 0.3) is 5.91 Å². The Bertz CT molecular complexity index is 1270. The number of amides is 1. The number of carbonyl (C=O) groups is 1. The lowest BCUT2D eigenvalue weighted by Gasteiger charge is -2.21. The van der Waals surface area contributed by atoms with Gasteiger partial charge in [0.15, 0.2) is 0 Å². The molecule has 1 amide bonds. The highest BCUT2D eigenvalue weighted by atomic mass is 16.1. The van der Waals surface area contributed by atoms with Crippen LogP contribution in [0.1, 0.15) is 40.5 Å². The number of aryl methyl sites for hydroxylation is 1. The number of nitrogens with one attached hydrogen (secondary N) is 2. The summed E-state index contributed by atoms with van der Waals surface area (Å²) in [5, 5.41) is 6.29. The zero-order valence-electron chi connectivity index (χ0n) is 17.9. The molecule has 4 N–H and O–H groups in total. The molecule has 5 rings (SSSR count). The second kappa shape index (κ2) is 8.39. The number of hydrogen-bond acceptors (Lipinski definition) is 6. The van der Waals surface area contributed by atoms with Crippen LogP contribution in [0.2, 0.25) is 0 Å². The third kappa shape index (κ3) is 3.80. The molecule has 1 atom stereocenters. The summed E-state index contributed by atoms with van der Waals surface area (Å²) in [5.74, 6) is 2.07. The van der Waals surface area contributed by atoms with Crippen molar-refractivity contribution >= 4 is 23.1 Å². The van der Waals surface area contributed by atoms with Crippen molar-refractivity contribution in [3.8, 4) is 11.3 Å². The summed E-state index contributed by atoms with van der Waals surface area (Å²) < 4.78 is 2.05. The van der Waals surface area contributed by atoms with Crippen LogP contribution in [0.4, 0.5) is 11.6 Å². The molecule has 1 aliphatic rings. The summed E-state index contributed by atoms with van der Waals surface area (Å²) in [6, 6.07) is 11.1. The number of hydrogen-bond donors (Lipinski definition) is 3. The van der Waals surface area contributed by atoms with Gasteiger partial charge in [-0.25, -0.2) is 15.0 Å². The first-order chi connectivity index (χ1) is 15.6. The summed E-state index contributed by atoms with van der Waals surface area (Å²) in [6.07, 6.45) is 7.51. The second-order valence-electron chi connectivity index (χ2n) is 8.14. The second-order valence-corrected chi connectivity index (χ2v) is 8.14. The van der Waals surface area contributed by atoms with Crippen LogP contribution in [0.3, 0.4) is 0 Å². The van der Waals surface area contributed by atoms with Gasteiger partial charge in [0.2, 0.25) is 0 Å². The zero-order valence-corrected chi connectivity index (χ0v) is 17.9. The minimum absolute atomic E-state index is 0.209. The van der Waals surface area contributed by atoms with Gasteiger partial charge < -0.3 is 16.4 Å². The van der Waals surface area contributed by atoms with Crippen molar-refractivity contribution in [2.24, 2.45) is 0 Å². The van der Waals surface area contributed by atoms with Crippen LogP contribution in [0, 0.1) is 6.92 Å². The molecule has 4 heterocycles. The normalized spacial score (nSPS) is 16.2. The van der Waals surface area contributed by atoms with Gasteiger partial charge in [0.1, 0.15) is 28.7 Å². The summed E-state index contributed by atoms with van der Waals surface area (Å²) in [7, 11) is 0. The van der Waals surface area contributed by atoms with Crippen LogP contribution in [0.25, 0.3) is 16.8 Å². The molecule has 3 aromatic heterocycles. The molecular weight excluding hydrogens is 402 g/mol. The van der Waals surface area contributed by atoms with Gasteiger partial charge in [-0.3, -0.25) is 9.20 Å². The third-order valence-corrected chi connectivity index (χ3v) is 5.85. The quantitative estimate of drug-likeness (QED) is 0.460. The number of carbonyl (C=O) groups excluding carboxylic acids is 1. The Labute approximate surface area is 185 Å². The number of rotatable bonds is 4. The number of aromatic nitrogens is 4. The predicted molar refractivity (Wildman–Crippen MR) is 125 cm³/mol. The fourth-order valence-electron chi connectivity index (χ4n) is 4.22. The minimum atomic E-state index is -0.209. The maximum absolute atomic E-state index is 12.6. The number of benzene rings is 1. The van der Waals surface area contributed by atoms with Crippen molar-refractivity contribution in [2.45, 2.75) is 25.7 Å². The van der Waals surface area contributed by atoms with E-state index in [1.54, 1.807) is 24.5 Å².